The number of nitrogens with one attached hydrogen (secondary N) is 1. The van der Waals surface area contributed by atoms with Crippen molar-refractivity contribution in [1.82, 2.24) is 0 Å². The fourth-order valence-corrected chi connectivity index (χ4v) is 1.78. The van der Waals surface area contributed by atoms with Crippen LogP contribution in [0.5, 0.6) is 0 Å². The van der Waals surface area contributed by atoms with E-state index in [2.05, 4.69) is 27.3 Å². The van der Waals surface area contributed by atoms with Crippen molar-refractivity contribution >= 4 is 21.6 Å². The standard InChI is InChI=1S/C9H10BrNO/c10-8-2-1-3-9-7(8)6-12-5-4-11-9/h1-3,11H,4-6H2. The summed E-state index contributed by atoms with van der Waals surface area (Å²) >= 11 is 3.50. The van der Waals surface area contributed by atoms with E-state index in [1.165, 1.54) is 11.3 Å². The third-order valence-corrected chi connectivity index (χ3v) is 2.67. The summed E-state index contributed by atoms with van der Waals surface area (Å²) in [6, 6.07) is 6.14. The lowest BCUT2D eigenvalue weighted by atomic mass is 10.2. The van der Waals surface area contributed by atoms with E-state index >= 15 is 0 Å². The second kappa shape index (κ2) is 3.46. The Balaban J connectivity index is 2.42. The predicted octanol–water partition coefficient (Wildman–Crippen LogP) is 2.39. The molecule has 0 bridgehead atoms. The van der Waals surface area contributed by atoms with Crippen molar-refractivity contribution < 1.29 is 4.74 Å². The number of benzene rings is 1. The smallest absolute Gasteiger partial charge is 0.0749 e. The largest absolute Gasteiger partial charge is 0.382 e. The van der Waals surface area contributed by atoms with Crippen LogP contribution in [0.3, 0.4) is 0 Å². The van der Waals surface area contributed by atoms with Gasteiger partial charge in [0.05, 0.1) is 13.2 Å². The molecular weight excluding hydrogens is 218 g/mol. The minimum atomic E-state index is 0.698. The molecule has 0 radical (unpaired) electrons. The summed E-state index contributed by atoms with van der Waals surface area (Å²) in [5.41, 5.74) is 2.40. The highest BCUT2D eigenvalue weighted by atomic mass is 79.9. The molecule has 0 aromatic heterocycles. The summed E-state index contributed by atoms with van der Waals surface area (Å²) in [4.78, 5) is 0. The Hall–Kier alpha value is -0.540. The van der Waals surface area contributed by atoms with Crippen LogP contribution in [0.15, 0.2) is 22.7 Å². The van der Waals surface area contributed by atoms with Gasteiger partial charge in [0.2, 0.25) is 0 Å². The van der Waals surface area contributed by atoms with Crippen molar-refractivity contribution in [2.45, 2.75) is 6.61 Å². The van der Waals surface area contributed by atoms with Gasteiger partial charge < -0.3 is 10.1 Å². The molecular formula is C9H10BrNO. The molecule has 1 aromatic rings. The lowest BCUT2D eigenvalue weighted by Crippen LogP contribution is -2.04. The van der Waals surface area contributed by atoms with Crippen molar-refractivity contribution in [2.24, 2.45) is 0 Å². The van der Waals surface area contributed by atoms with Crippen LogP contribution >= 0.6 is 15.9 Å². The van der Waals surface area contributed by atoms with E-state index in [1.54, 1.807) is 0 Å². The highest BCUT2D eigenvalue weighted by Gasteiger charge is 2.09. The van der Waals surface area contributed by atoms with Gasteiger partial charge in [0, 0.05) is 22.3 Å². The van der Waals surface area contributed by atoms with Gasteiger partial charge in [0.1, 0.15) is 0 Å². The quantitative estimate of drug-likeness (QED) is 0.736. The van der Waals surface area contributed by atoms with E-state index in [1.807, 2.05) is 12.1 Å². The van der Waals surface area contributed by atoms with Crippen molar-refractivity contribution in [3.63, 3.8) is 0 Å². The second-order valence-corrected chi connectivity index (χ2v) is 3.60. The van der Waals surface area contributed by atoms with Crippen LogP contribution in [-0.4, -0.2) is 13.2 Å². The molecule has 1 N–H and O–H groups in total. The first kappa shape index (κ1) is 8.08. The van der Waals surface area contributed by atoms with Crippen molar-refractivity contribution in [3.8, 4) is 0 Å². The molecule has 0 saturated heterocycles. The summed E-state index contributed by atoms with van der Waals surface area (Å²) in [6.07, 6.45) is 0. The molecule has 64 valence electrons. The van der Waals surface area contributed by atoms with Crippen LogP contribution < -0.4 is 5.32 Å². The monoisotopic (exact) mass is 227 g/mol. The molecule has 0 fully saturated rings. The van der Waals surface area contributed by atoms with Gasteiger partial charge in [0.25, 0.3) is 0 Å². The number of ether oxygens (including phenoxy) is 1. The Labute approximate surface area is 80.1 Å². The first-order valence-corrected chi connectivity index (χ1v) is 4.76. The molecule has 0 aliphatic carbocycles. The summed E-state index contributed by atoms with van der Waals surface area (Å²) in [6.45, 7) is 2.37. The topological polar surface area (TPSA) is 21.3 Å². The van der Waals surface area contributed by atoms with E-state index in [4.69, 9.17) is 4.74 Å². The zero-order valence-electron chi connectivity index (χ0n) is 6.64. The molecule has 0 atom stereocenters. The van der Waals surface area contributed by atoms with Crippen LogP contribution in [0.1, 0.15) is 5.56 Å². The third-order valence-electron chi connectivity index (χ3n) is 1.93. The van der Waals surface area contributed by atoms with E-state index < -0.39 is 0 Å². The van der Waals surface area contributed by atoms with Gasteiger partial charge in [0.15, 0.2) is 0 Å². The fraction of sp³-hybridized carbons (Fsp3) is 0.333. The zero-order chi connectivity index (χ0) is 8.39. The normalized spacial score (nSPS) is 16.1. The first-order valence-electron chi connectivity index (χ1n) is 3.97. The molecule has 2 nitrogen and oxygen atoms in total. The maximum absolute atomic E-state index is 5.41. The van der Waals surface area contributed by atoms with Crippen molar-refractivity contribution in [2.75, 3.05) is 18.5 Å². The highest BCUT2D eigenvalue weighted by molar-refractivity contribution is 9.10. The Morgan fingerprint density at radius 1 is 1.42 bits per heavy atom. The van der Waals surface area contributed by atoms with Crippen LogP contribution in [0.2, 0.25) is 0 Å². The lowest BCUT2D eigenvalue weighted by molar-refractivity contribution is 0.134. The van der Waals surface area contributed by atoms with Gasteiger partial charge >= 0.3 is 0 Å². The SMILES string of the molecule is Brc1cccc2c1COCCN2. The number of anilines is 1. The molecule has 1 aliphatic heterocycles. The average molecular weight is 228 g/mol. The minimum Gasteiger partial charge on any atom is -0.382 e. The summed E-state index contributed by atoms with van der Waals surface area (Å²) in [5.74, 6) is 0. The van der Waals surface area contributed by atoms with Crippen molar-refractivity contribution in [1.29, 1.82) is 0 Å². The number of fused-ring (bicyclic) bond motifs is 1. The molecule has 0 saturated carbocycles. The summed E-state index contributed by atoms with van der Waals surface area (Å²) in [7, 11) is 0. The van der Waals surface area contributed by atoms with Crippen molar-refractivity contribution in [3.05, 3.63) is 28.2 Å². The third kappa shape index (κ3) is 1.47. The minimum absolute atomic E-state index is 0.698. The van der Waals surface area contributed by atoms with E-state index in [0.717, 1.165) is 17.6 Å². The zero-order valence-corrected chi connectivity index (χ0v) is 8.23. The molecule has 12 heavy (non-hydrogen) atoms. The van der Waals surface area contributed by atoms with Crippen LogP contribution in [0.4, 0.5) is 5.69 Å². The molecule has 1 aliphatic rings. The molecule has 1 aromatic carbocycles. The molecule has 2 rings (SSSR count). The summed E-state index contributed by atoms with van der Waals surface area (Å²) < 4.78 is 6.53. The maximum atomic E-state index is 5.41. The second-order valence-electron chi connectivity index (χ2n) is 2.75. The van der Waals surface area contributed by atoms with E-state index in [-0.39, 0.29) is 0 Å². The van der Waals surface area contributed by atoms with Gasteiger partial charge in [-0.1, -0.05) is 22.0 Å². The molecule has 0 spiro atoms. The molecule has 1 heterocycles. The van der Waals surface area contributed by atoms with E-state index in [0.29, 0.717) is 6.61 Å². The van der Waals surface area contributed by atoms with E-state index in [9.17, 15) is 0 Å². The Morgan fingerprint density at radius 3 is 3.25 bits per heavy atom. The number of halogens is 1. The number of hydrogen-bond donors (Lipinski definition) is 1. The number of hydrogen-bond acceptors (Lipinski definition) is 2. The first-order chi connectivity index (χ1) is 5.88. The molecule has 0 amide bonds. The molecule has 0 unspecified atom stereocenters. The Kier molecular flexibility index (Phi) is 2.33. The number of rotatable bonds is 0. The van der Waals surface area contributed by atoms with Gasteiger partial charge in [-0.3, -0.25) is 0 Å². The van der Waals surface area contributed by atoms with Gasteiger partial charge in [-0.25, -0.2) is 0 Å². The van der Waals surface area contributed by atoms with Gasteiger partial charge in [-0.15, -0.1) is 0 Å². The fourth-order valence-electron chi connectivity index (χ4n) is 1.30. The average Bonchev–Trinajstić information content (AvgIpc) is 2.30. The summed E-state index contributed by atoms with van der Waals surface area (Å²) in [5, 5.41) is 3.31. The van der Waals surface area contributed by atoms with Crippen LogP contribution in [-0.2, 0) is 11.3 Å². The predicted molar refractivity (Wildman–Crippen MR) is 52.3 cm³/mol. The molecule has 3 heteroatoms. The maximum Gasteiger partial charge on any atom is 0.0749 e. The lowest BCUT2D eigenvalue weighted by Gasteiger charge is -2.07. The van der Waals surface area contributed by atoms with Gasteiger partial charge in [-0.05, 0) is 12.1 Å². The highest BCUT2D eigenvalue weighted by Crippen LogP contribution is 2.26. The Bertz CT molecular complexity index is 288. The Morgan fingerprint density at radius 2 is 2.33 bits per heavy atom. The van der Waals surface area contributed by atoms with Crippen LogP contribution in [0, 0.1) is 0 Å². The van der Waals surface area contributed by atoms with Crippen LogP contribution in [0.25, 0.3) is 0 Å². The van der Waals surface area contributed by atoms with Gasteiger partial charge in [-0.2, -0.15) is 0 Å².